The van der Waals surface area contributed by atoms with Crippen molar-refractivity contribution in [2.24, 2.45) is 0 Å². The molecule has 0 bridgehead atoms. The van der Waals surface area contributed by atoms with E-state index in [1.165, 1.54) is 29.2 Å². The van der Waals surface area contributed by atoms with Gasteiger partial charge in [0.15, 0.2) is 0 Å². The van der Waals surface area contributed by atoms with Crippen LogP contribution < -0.4 is 0 Å². The maximum absolute atomic E-state index is 4.89. The molecule has 1 aliphatic rings. The van der Waals surface area contributed by atoms with Crippen molar-refractivity contribution >= 4 is 39.0 Å². The van der Waals surface area contributed by atoms with E-state index in [1.54, 1.807) is 0 Å². The van der Waals surface area contributed by atoms with Gasteiger partial charge in [-0.1, -0.05) is 41.9 Å². The lowest BCUT2D eigenvalue weighted by atomic mass is 9.94. The molecule has 0 unspecified atom stereocenters. The van der Waals surface area contributed by atoms with E-state index in [-0.39, 0.29) is 0 Å². The Hall–Kier alpha value is -0.320. The third-order valence-corrected chi connectivity index (χ3v) is 6.63. The Bertz CT molecular complexity index is 589. The highest BCUT2D eigenvalue weighted by Gasteiger charge is 2.31. The Balaban J connectivity index is 1.81. The minimum Gasteiger partial charge on any atom is -0.241 e. The van der Waals surface area contributed by atoms with Gasteiger partial charge < -0.3 is 0 Å². The zero-order chi connectivity index (χ0) is 14.2. The van der Waals surface area contributed by atoms with Crippen molar-refractivity contribution in [2.75, 3.05) is 5.75 Å². The maximum atomic E-state index is 4.89. The summed E-state index contributed by atoms with van der Waals surface area (Å²) >= 11 is 7.40. The van der Waals surface area contributed by atoms with E-state index < -0.39 is 0 Å². The van der Waals surface area contributed by atoms with Gasteiger partial charge in [0.05, 0.1) is 10.7 Å². The largest absolute Gasteiger partial charge is 0.241 e. The number of thioether (sulfide) groups is 1. The van der Waals surface area contributed by atoms with Gasteiger partial charge >= 0.3 is 0 Å². The van der Waals surface area contributed by atoms with Crippen LogP contribution >= 0.6 is 39.0 Å². The second kappa shape index (κ2) is 5.82. The number of hydrogen-bond donors (Lipinski definition) is 0. The van der Waals surface area contributed by atoms with E-state index in [2.05, 4.69) is 71.2 Å². The summed E-state index contributed by atoms with van der Waals surface area (Å²) in [7, 11) is 0. The number of benzene rings is 1. The summed E-state index contributed by atoms with van der Waals surface area (Å²) in [6.07, 6.45) is 2.51. The molecular formula is C16H18BrNS2. The molecule has 0 aliphatic carbocycles. The quantitative estimate of drug-likeness (QED) is 0.648. The van der Waals surface area contributed by atoms with Crippen molar-refractivity contribution in [1.29, 1.82) is 0 Å². The fraction of sp³-hybridized carbons (Fsp3) is 0.438. The SMILES string of the molecule is CC1(C)C[C@@H](c2nc(-c3ccc(Br)cc3)cs2)CCS1. The molecule has 1 aliphatic heterocycles. The molecule has 0 spiro atoms. The molecule has 2 heterocycles. The lowest BCUT2D eigenvalue weighted by Crippen LogP contribution is -2.24. The number of halogens is 1. The second-order valence-electron chi connectivity index (χ2n) is 5.88. The maximum Gasteiger partial charge on any atom is 0.0964 e. The molecule has 20 heavy (non-hydrogen) atoms. The van der Waals surface area contributed by atoms with E-state index >= 15 is 0 Å². The zero-order valence-corrected chi connectivity index (χ0v) is 14.9. The van der Waals surface area contributed by atoms with Crippen LogP contribution in [-0.2, 0) is 0 Å². The predicted molar refractivity (Wildman–Crippen MR) is 93.8 cm³/mol. The molecule has 4 heteroatoms. The van der Waals surface area contributed by atoms with Crippen molar-refractivity contribution in [3.8, 4) is 11.3 Å². The Kier molecular flexibility index (Phi) is 4.25. The summed E-state index contributed by atoms with van der Waals surface area (Å²) in [6, 6.07) is 8.41. The van der Waals surface area contributed by atoms with Crippen LogP contribution in [0.4, 0.5) is 0 Å². The summed E-state index contributed by atoms with van der Waals surface area (Å²) in [5.41, 5.74) is 2.33. The van der Waals surface area contributed by atoms with Gasteiger partial charge in [-0.2, -0.15) is 11.8 Å². The van der Waals surface area contributed by atoms with Crippen molar-refractivity contribution < 1.29 is 0 Å². The molecule has 1 aromatic carbocycles. The topological polar surface area (TPSA) is 12.9 Å². The highest BCUT2D eigenvalue weighted by atomic mass is 79.9. The van der Waals surface area contributed by atoms with Gasteiger partial charge in [0.25, 0.3) is 0 Å². The monoisotopic (exact) mass is 367 g/mol. The van der Waals surface area contributed by atoms with Crippen LogP contribution in [-0.4, -0.2) is 15.5 Å². The highest BCUT2D eigenvalue weighted by Crippen LogP contribution is 2.44. The van der Waals surface area contributed by atoms with Crippen LogP contribution in [0.15, 0.2) is 34.1 Å². The van der Waals surface area contributed by atoms with Gasteiger partial charge in [-0.3, -0.25) is 0 Å². The molecular weight excluding hydrogens is 350 g/mol. The lowest BCUT2D eigenvalue weighted by Gasteiger charge is -2.33. The highest BCUT2D eigenvalue weighted by molar-refractivity contribution is 9.10. The lowest BCUT2D eigenvalue weighted by molar-refractivity contribution is 0.504. The van der Waals surface area contributed by atoms with Crippen LogP contribution in [0, 0.1) is 0 Å². The summed E-state index contributed by atoms with van der Waals surface area (Å²) in [5, 5.41) is 3.52. The normalized spacial score (nSPS) is 21.9. The molecule has 1 aromatic heterocycles. The van der Waals surface area contributed by atoms with E-state index in [0.29, 0.717) is 10.7 Å². The number of aromatic nitrogens is 1. The Morgan fingerprint density at radius 1 is 1.25 bits per heavy atom. The minimum absolute atomic E-state index is 0.395. The second-order valence-corrected chi connectivity index (χ2v) is 9.48. The van der Waals surface area contributed by atoms with Crippen molar-refractivity contribution in [3.05, 3.63) is 39.1 Å². The summed E-state index contributed by atoms with van der Waals surface area (Å²) in [6.45, 7) is 4.71. The van der Waals surface area contributed by atoms with Crippen molar-refractivity contribution in [3.63, 3.8) is 0 Å². The molecule has 1 fully saturated rings. The first-order valence-electron chi connectivity index (χ1n) is 6.89. The summed E-state index contributed by atoms with van der Waals surface area (Å²) in [5.74, 6) is 1.89. The molecule has 2 aromatic rings. The molecule has 1 nitrogen and oxygen atoms in total. The van der Waals surface area contributed by atoms with Gasteiger partial charge in [-0.05, 0) is 30.7 Å². The average molecular weight is 368 g/mol. The van der Waals surface area contributed by atoms with Crippen LogP contribution in [0.2, 0.25) is 0 Å². The Morgan fingerprint density at radius 2 is 2.00 bits per heavy atom. The minimum atomic E-state index is 0.395. The van der Waals surface area contributed by atoms with Crippen molar-refractivity contribution in [2.45, 2.75) is 37.4 Å². The third-order valence-electron chi connectivity index (χ3n) is 3.71. The molecule has 0 radical (unpaired) electrons. The molecule has 106 valence electrons. The molecule has 1 atom stereocenters. The first-order valence-corrected chi connectivity index (χ1v) is 9.55. The van der Waals surface area contributed by atoms with Crippen LogP contribution in [0.5, 0.6) is 0 Å². The van der Waals surface area contributed by atoms with E-state index in [4.69, 9.17) is 4.98 Å². The van der Waals surface area contributed by atoms with Crippen LogP contribution in [0.3, 0.4) is 0 Å². The smallest absolute Gasteiger partial charge is 0.0964 e. The van der Waals surface area contributed by atoms with E-state index in [1.807, 2.05) is 11.3 Å². The summed E-state index contributed by atoms with van der Waals surface area (Å²) < 4.78 is 1.51. The van der Waals surface area contributed by atoms with Gasteiger partial charge in [0.2, 0.25) is 0 Å². The number of thiazole rings is 1. The molecule has 0 N–H and O–H groups in total. The van der Waals surface area contributed by atoms with Gasteiger partial charge in [-0.15, -0.1) is 11.3 Å². The Morgan fingerprint density at radius 3 is 2.70 bits per heavy atom. The number of hydrogen-bond acceptors (Lipinski definition) is 3. The first-order chi connectivity index (χ1) is 9.53. The molecule has 1 saturated heterocycles. The molecule has 3 rings (SSSR count). The molecule has 0 saturated carbocycles. The molecule has 0 amide bonds. The standard InChI is InChI=1S/C16H18BrNS2/c1-16(2)9-12(7-8-20-16)15-18-14(10-19-15)11-3-5-13(17)6-4-11/h3-6,10,12H,7-9H2,1-2H3/t12-/m0/s1. The fourth-order valence-corrected chi connectivity index (χ4v) is 5.18. The zero-order valence-electron chi connectivity index (χ0n) is 11.7. The van der Waals surface area contributed by atoms with Gasteiger partial charge in [0, 0.05) is 26.1 Å². The third kappa shape index (κ3) is 3.29. The van der Waals surface area contributed by atoms with Crippen molar-refractivity contribution in [1.82, 2.24) is 4.98 Å². The van der Waals surface area contributed by atoms with Crippen LogP contribution in [0.25, 0.3) is 11.3 Å². The first kappa shape index (κ1) is 14.6. The van der Waals surface area contributed by atoms with Gasteiger partial charge in [0.1, 0.15) is 0 Å². The van der Waals surface area contributed by atoms with E-state index in [0.717, 1.165) is 10.2 Å². The average Bonchev–Trinajstić information content (AvgIpc) is 2.88. The predicted octanol–water partition coefficient (Wildman–Crippen LogP) is 5.96. The van der Waals surface area contributed by atoms with Gasteiger partial charge in [-0.25, -0.2) is 4.98 Å². The summed E-state index contributed by atoms with van der Waals surface area (Å²) in [4.78, 5) is 4.89. The fourth-order valence-electron chi connectivity index (χ4n) is 2.67. The number of rotatable bonds is 2. The number of nitrogens with zero attached hydrogens (tertiary/aromatic N) is 1. The van der Waals surface area contributed by atoms with Crippen LogP contribution in [0.1, 0.15) is 37.6 Å². The Labute approximate surface area is 137 Å². The van der Waals surface area contributed by atoms with E-state index in [9.17, 15) is 0 Å².